The molecule has 2 N–H and O–H groups in total. The molecule has 0 radical (unpaired) electrons. The van der Waals surface area contributed by atoms with Crippen molar-refractivity contribution in [1.82, 2.24) is 20.3 Å². The number of anilines is 1. The van der Waals surface area contributed by atoms with E-state index in [4.69, 9.17) is 15.1 Å². The second kappa shape index (κ2) is 13.6. The van der Waals surface area contributed by atoms with Crippen LogP contribution in [0.4, 0.5) is 5.82 Å². The molecular formula is C31H37N5O3S. The van der Waals surface area contributed by atoms with Crippen molar-refractivity contribution >= 4 is 33.4 Å². The highest BCUT2D eigenvalue weighted by atomic mass is 32.2. The first kappa shape index (κ1) is 29.3. The van der Waals surface area contributed by atoms with Gasteiger partial charge in [0.25, 0.3) is 5.91 Å². The van der Waals surface area contributed by atoms with Crippen LogP contribution in [0.2, 0.25) is 0 Å². The van der Waals surface area contributed by atoms with Gasteiger partial charge in [-0.2, -0.15) is 0 Å². The fourth-order valence-corrected chi connectivity index (χ4v) is 5.58. The van der Waals surface area contributed by atoms with Crippen molar-refractivity contribution in [1.29, 1.82) is 0 Å². The third-order valence-corrected chi connectivity index (χ3v) is 7.86. The number of aliphatic hydroxyl groups excluding tert-OH is 1. The molecule has 1 aliphatic heterocycles. The van der Waals surface area contributed by atoms with Gasteiger partial charge in [0.1, 0.15) is 5.82 Å². The lowest BCUT2D eigenvalue weighted by atomic mass is 10.0. The molecule has 4 aromatic rings. The molecule has 0 aliphatic carbocycles. The van der Waals surface area contributed by atoms with Gasteiger partial charge < -0.3 is 15.3 Å². The highest BCUT2D eigenvalue weighted by molar-refractivity contribution is 7.84. The Morgan fingerprint density at radius 3 is 2.65 bits per heavy atom. The molecule has 1 aromatic carbocycles. The summed E-state index contributed by atoms with van der Waals surface area (Å²) in [7, 11) is -1.15. The maximum atomic E-state index is 12.7. The first-order chi connectivity index (χ1) is 19.3. The van der Waals surface area contributed by atoms with Crippen LogP contribution in [0.1, 0.15) is 48.3 Å². The quantitative estimate of drug-likeness (QED) is 0.346. The fourth-order valence-electron chi connectivity index (χ4n) is 4.76. The van der Waals surface area contributed by atoms with E-state index >= 15 is 0 Å². The summed E-state index contributed by atoms with van der Waals surface area (Å²) in [5.41, 5.74) is 4.54. The standard InChI is InChI=1S/C29H31N5O2S.C2H6O/c1-19-6-5-13-34(18-19)28-8-4-7-24(33-28)25-12-11-22-16-30-23(15-26(22)32-25)17-31-29(35)21-10-9-20(2)27(14-21)37(3)36;1-2-3/h4,7-12,14-16,19H,5-6,13,17-18H2,1-3H3,(H,31,35);3H,2H2,1H3. The van der Waals surface area contributed by atoms with Crippen molar-refractivity contribution < 1.29 is 14.1 Å². The zero-order valence-electron chi connectivity index (χ0n) is 23.6. The molecule has 1 aliphatic rings. The number of benzene rings is 1. The lowest BCUT2D eigenvalue weighted by molar-refractivity contribution is 0.0950. The lowest BCUT2D eigenvalue weighted by Gasteiger charge is -2.32. The number of pyridine rings is 3. The molecule has 1 amide bonds. The monoisotopic (exact) mass is 559 g/mol. The SMILES string of the molecule is CCO.Cc1ccc(C(=O)NCc2cc3nc(-c4cccc(N5CCCC(C)C5)n4)ccc3cn2)cc1S(C)=O. The van der Waals surface area contributed by atoms with Gasteiger partial charge in [-0.1, -0.05) is 19.1 Å². The number of aromatic nitrogens is 3. The Kier molecular flexibility index (Phi) is 9.95. The normalized spacial score (nSPS) is 15.7. The van der Waals surface area contributed by atoms with E-state index in [1.807, 2.05) is 43.3 Å². The Bertz CT molecular complexity index is 1510. The van der Waals surface area contributed by atoms with Crippen molar-refractivity contribution in [3.05, 3.63) is 77.6 Å². The summed E-state index contributed by atoms with van der Waals surface area (Å²) in [5, 5.41) is 11.4. The van der Waals surface area contributed by atoms with Crippen LogP contribution in [0.5, 0.6) is 0 Å². The number of piperidine rings is 1. The number of rotatable bonds is 6. The first-order valence-electron chi connectivity index (χ1n) is 13.6. The Hall–Kier alpha value is -3.69. The summed E-state index contributed by atoms with van der Waals surface area (Å²) in [4.78, 5) is 30.0. The molecule has 210 valence electrons. The number of aryl methyl sites for hydroxylation is 1. The molecule has 2 atom stereocenters. The first-order valence-corrected chi connectivity index (χ1v) is 15.2. The number of nitrogens with one attached hydrogen (secondary N) is 1. The second-order valence-electron chi connectivity index (χ2n) is 10.1. The molecule has 1 fully saturated rings. The Balaban J connectivity index is 0.00000118. The van der Waals surface area contributed by atoms with E-state index in [-0.39, 0.29) is 19.1 Å². The number of nitrogens with zero attached hydrogens (tertiary/aromatic N) is 4. The number of amides is 1. The second-order valence-corrected chi connectivity index (χ2v) is 11.4. The van der Waals surface area contributed by atoms with Gasteiger partial charge in [-0.3, -0.25) is 14.0 Å². The van der Waals surface area contributed by atoms with E-state index < -0.39 is 10.8 Å². The summed E-state index contributed by atoms with van der Waals surface area (Å²) in [5.74, 6) is 1.44. The van der Waals surface area contributed by atoms with Crippen LogP contribution in [0, 0.1) is 12.8 Å². The topological polar surface area (TPSA) is 108 Å². The predicted octanol–water partition coefficient (Wildman–Crippen LogP) is 4.90. The largest absolute Gasteiger partial charge is 0.397 e. The van der Waals surface area contributed by atoms with Crippen molar-refractivity contribution in [2.24, 2.45) is 5.92 Å². The summed E-state index contributed by atoms with van der Waals surface area (Å²) >= 11 is 0. The van der Waals surface area contributed by atoms with E-state index in [1.165, 1.54) is 12.8 Å². The van der Waals surface area contributed by atoms with Crippen molar-refractivity contribution in [2.45, 2.75) is 45.1 Å². The molecule has 0 bridgehead atoms. The lowest BCUT2D eigenvalue weighted by Crippen LogP contribution is -2.34. The van der Waals surface area contributed by atoms with E-state index in [2.05, 4.69) is 28.2 Å². The molecule has 1 saturated heterocycles. The van der Waals surface area contributed by atoms with Gasteiger partial charge in [-0.25, -0.2) is 9.97 Å². The number of hydrogen-bond donors (Lipinski definition) is 2. The minimum Gasteiger partial charge on any atom is -0.397 e. The van der Waals surface area contributed by atoms with Gasteiger partial charge >= 0.3 is 0 Å². The maximum Gasteiger partial charge on any atom is 0.251 e. The Morgan fingerprint density at radius 2 is 1.90 bits per heavy atom. The average Bonchev–Trinajstić information content (AvgIpc) is 2.96. The van der Waals surface area contributed by atoms with Crippen LogP contribution in [-0.2, 0) is 17.3 Å². The molecule has 0 spiro atoms. The summed E-state index contributed by atoms with van der Waals surface area (Å²) in [6, 6.07) is 17.2. The van der Waals surface area contributed by atoms with Crippen LogP contribution >= 0.6 is 0 Å². The number of carbonyl (C=O) groups excluding carboxylic acids is 1. The molecule has 5 rings (SSSR count). The molecule has 9 heteroatoms. The number of fused-ring (bicyclic) bond motifs is 1. The minimum atomic E-state index is -1.15. The highest BCUT2D eigenvalue weighted by Crippen LogP contribution is 2.25. The van der Waals surface area contributed by atoms with E-state index in [1.54, 1.807) is 31.5 Å². The van der Waals surface area contributed by atoms with E-state index in [0.29, 0.717) is 22.1 Å². The molecule has 3 aromatic heterocycles. The summed E-state index contributed by atoms with van der Waals surface area (Å²) < 4.78 is 11.9. The van der Waals surface area contributed by atoms with Crippen LogP contribution in [-0.4, -0.2) is 56.1 Å². The van der Waals surface area contributed by atoms with Gasteiger partial charge in [-0.15, -0.1) is 0 Å². The van der Waals surface area contributed by atoms with Crippen LogP contribution in [0.3, 0.4) is 0 Å². The molecule has 0 saturated carbocycles. The molecular weight excluding hydrogens is 522 g/mol. The van der Waals surface area contributed by atoms with Gasteiger partial charge in [-0.05, 0) is 80.6 Å². The van der Waals surface area contributed by atoms with Gasteiger partial charge in [0.05, 0.1) is 39.9 Å². The number of aliphatic hydroxyl groups is 1. The van der Waals surface area contributed by atoms with Crippen molar-refractivity contribution in [3.8, 4) is 11.4 Å². The molecule has 40 heavy (non-hydrogen) atoms. The fraction of sp³-hybridized carbons (Fsp3) is 0.355. The number of carbonyl (C=O) groups is 1. The third kappa shape index (κ3) is 7.28. The van der Waals surface area contributed by atoms with Crippen molar-refractivity contribution in [2.75, 3.05) is 30.9 Å². The van der Waals surface area contributed by atoms with Crippen LogP contribution in [0.15, 0.2) is 65.7 Å². The molecule has 4 heterocycles. The zero-order valence-corrected chi connectivity index (χ0v) is 24.4. The summed E-state index contributed by atoms with van der Waals surface area (Å²) in [6.07, 6.45) is 5.85. The van der Waals surface area contributed by atoms with Gasteiger partial charge in [0.2, 0.25) is 0 Å². The Morgan fingerprint density at radius 1 is 1.12 bits per heavy atom. The smallest absolute Gasteiger partial charge is 0.251 e. The van der Waals surface area contributed by atoms with Gasteiger partial charge in [0, 0.05) is 48.0 Å². The molecule has 8 nitrogen and oxygen atoms in total. The molecule has 2 unspecified atom stereocenters. The Labute approximate surface area is 238 Å². The summed E-state index contributed by atoms with van der Waals surface area (Å²) in [6.45, 7) is 8.44. The van der Waals surface area contributed by atoms with Crippen molar-refractivity contribution in [3.63, 3.8) is 0 Å². The zero-order chi connectivity index (χ0) is 28.6. The van der Waals surface area contributed by atoms with Gasteiger partial charge in [0.15, 0.2) is 0 Å². The predicted molar refractivity (Wildman–Crippen MR) is 161 cm³/mol. The minimum absolute atomic E-state index is 0.233. The number of hydrogen-bond acceptors (Lipinski definition) is 7. The average molecular weight is 560 g/mol. The van der Waals surface area contributed by atoms with E-state index in [9.17, 15) is 9.00 Å². The highest BCUT2D eigenvalue weighted by Gasteiger charge is 2.18. The van der Waals surface area contributed by atoms with Crippen LogP contribution < -0.4 is 10.2 Å². The van der Waals surface area contributed by atoms with E-state index in [0.717, 1.165) is 46.8 Å². The maximum absolute atomic E-state index is 12.7. The third-order valence-electron chi connectivity index (χ3n) is 6.80. The van der Waals surface area contributed by atoms with Crippen LogP contribution in [0.25, 0.3) is 22.3 Å².